The molecule has 0 bridgehead atoms. The summed E-state index contributed by atoms with van der Waals surface area (Å²) < 4.78 is 14.5. The minimum Gasteiger partial charge on any atom is -0.236 e. The quantitative estimate of drug-likeness (QED) is 0.291. The SMILES string of the molecule is CCCCCCC[C@H]1CC[C@H](c2cnc(-c3ccc(CCCCCC)c(F)c3)nc2)CC1. The predicted molar refractivity (Wildman–Crippen MR) is 133 cm³/mol. The fourth-order valence-electron chi connectivity index (χ4n) is 5.15. The molecule has 3 heteroatoms. The van der Waals surface area contributed by atoms with E-state index in [4.69, 9.17) is 0 Å². The van der Waals surface area contributed by atoms with Crippen LogP contribution >= 0.6 is 0 Å². The maximum absolute atomic E-state index is 14.5. The Morgan fingerprint density at radius 3 is 2.12 bits per heavy atom. The number of nitrogens with zero attached hydrogens (tertiary/aromatic N) is 2. The molecule has 0 unspecified atom stereocenters. The van der Waals surface area contributed by atoms with E-state index in [9.17, 15) is 4.39 Å². The fraction of sp³-hybridized carbons (Fsp3) is 0.655. The second kappa shape index (κ2) is 13.7. The lowest BCUT2D eigenvalue weighted by atomic mass is 9.77. The third-order valence-electron chi connectivity index (χ3n) is 7.32. The van der Waals surface area contributed by atoms with Crippen molar-refractivity contribution in [3.05, 3.63) is 47.5 Å². The highest BCUT2D eigenvalue weighted by Crippen LogP contribution is 2.37. The van der Waals surface area contributed by atoms with Gasteiger partial charge in [0.05, 0.1) is 0 Å². The van der Waals surface area contributed by atoms with E-state index in [2.05, 4.69) is 23.8 Å². The summed E-state index contributed by atoms with van der Waals surface area (Å²) in [5.74, 6) is 2.00. The second-order valence-electron chi connectivity index (χ2n) is 9.88. The van der Waals surface area contributed by atoms with Crippen LogP contribution in [0.1, 0.15) is 121 Å². The number of hydrogen-bond donors (Lipinski definition) is 0. The van der Waals surface area contributed by atoms with Crippen LogP contribution in [-0.2, 0) is 6.42 Å². The summed E-state index contributed by atoms with van der Waals surface area (Å²) in [5, 5.41) is 0. The lowest BCUT2D eigenvalue weighted by Crippen LogP contribution is -2.14. The van der Waals surface area contributed by atoms with Crippen LogP contribution < -0.4 is 0 Å². The van der Waals surface area contributed by atoms with E-state index in [0.29, 0.717) is 11.7 Å². The van der Waals surface area contributed by atoms with Crippen molar-refractivity contribution in [2.24, 2.45) is 5.92 Å². The topological polar surface area (TPSA) is 25.8 Å². The summed E-state index contributed by atoms with van der Waals surface area (Å²) in [6.07, 6.45) is 22.9. The van der Waals surface area contributed by atoms with Crippen molar-refractivity contribution >= 4 is 0 Å². The molecule has 2 nitrogen and oxygen atoms in total. The Hall–Kier alpha value is -1.77. The number of aryl methyl sites for hydroxylation is 1. The van der Waals surface area contributed by atoms with Crippen LogP contribution in [0, 0.1) is 11.7 Å². The van der Waals surface area contributed by atoms with Gasteiger partial charge in [0, 0.05) is 18.0 Å². The van der Waals surface area contributed by atoms with Crippen LogP contribution in [0.2, 0.25) is 0 Å². The van der Waals surface area contributed by atoms with Crippen LogP contribution in [0.25, 0.3) is 11.4 Å². The van der Waals surface area contributed by atoms with Crippen LogP contribution in [-0.4, -0.2) is 9.97 Å². The minimum absolute atomic E-state index is 0.125. The van der Waals surface area contributed by atoms with Crippen molar-refractivity contribution < 1.29 is 4.39 Å². The van der Waals surface area contributed by atoms with Crippen molar-refractivity contribution in [3.63, 3.8) is 0 Å². The van der Waals surface area contributed by atoms with E-state index in [0.717, 1.165) is 29.9 Å². The largest absolute Gasteiger partial charge is 0.236 e. The molecule has 1 aromatic heterocycles. The number of benzene rings is 1. The first-order valence-electron chi connectivity index (χ1n) is 13.3. The maximum Gasteiger partial charge on any atom is 0.159 e. The Morgan fingerprint density at radius 2 is 1.47 bits per heavy atom. The second-order valence-corrected chi connectivity index (χ2v) is 9.88. The number of unbranched alkanes of at least 4 members (excludes halogenated alkanes) is 7. The molecule has 32 heavy (non-hydrogen) atoms. The fourth-order valence-corrected chi connectivity index (χ4v) is 5.15. The Labute approximate surface area is 195 Å². The Bertz CT molecular complexity index is 778. The zero-order chi connectivity index (χ0) is 22.6. The van der Waals surface area contributed by atoms with Gasteiger partial charge in [0.15, 0.2) is 5.82 Å². The lowest BCUT2D eigenvalue weighted by Gasteiger charge is -2.28. The predicted octanol–water partition coefficient (Wildman–Crippen LogP) is 9.04. The molecule has 1 aliphatic carbocycles. The normalized spacial score (nSPS) is 18.7. The summed E-state index contributed by atoms with van der Waals surface area (Å²) in [6.45, 7) is 4.48. The average molecular weight is 439 g/mol. The van der Waals surface area contributed by atoms with Crippen molar-refractivity contribution in [2.75, 3.05) is 0 Å². The highest BCUT2D eigenvalue weighted by Gasteiger charge is 2.22. The summed E-state index contributed by atoms with van der Waals surface area (Å²) in [5.41, 5.74) is 2.84. The third kappa shape index (κ3) is 7.67. The summed E-state index contributed by atoms with van der Waals surface area (Å²) in [7, 11) is 0. The van der Waals surface area contributed by atoms with Gasteiger partial charge in [-0.3, -0.25) is 0 Å². The van der Waals surface area contributed by atoms with E-state index >= 15 is 0 Å². The number of aromatic nitrogens is 2. The van der Waals surface area contributed by atoms with Crippen LogP contribution in [0.5, 0.6) is 0 Å². The molecule has 0 spiro atoms. The van der Waals surface area contributed by atoms with Gasteiger partial charge < -0.3 is 0 Å². The number of rotatable bonds is 13. The monoisotopic (exact) mass is 438 g/mol. The maximum atomic E-state index is 14.5. The molecule has 1 heterocycles. The van der Waals surface area contributed by atoms with Gasteiger partial charge >= 0.3 is 0 Å². The van der Waals surface area contributed by atoms with Crippen LogP contribution in [0.4, 0.5) is 4.39 Å². The summed E-state index contributed by atoms with van der Waals surface area (Å²) in [4.78, 5) is 9.20. The first-order valence-corrected chi connectivity index (χ1v) is 13.3. The number of hydrogen-bond acceptors (Lipinski definition) is 2. The van der Waals surface area contributed by atoms with Crippen LogP contribution in [0.15, 0.2) is 30.6 Å². The first-order chi connectivity index (χ1) is 15.7. The van der Waals surface area contributed by atoms with Gasteiger partial charge in [-0.2, -0.15) is 0 Å². The molecule has 0 radical (unpaired) electrons. The summed E-state index contributed by atoms with van der Waals surface area (Å²) >= 11 is 0. The van der Waals surface area contributed by atoms with Gasteiger partial charge in [-0.25, -0.2) is 14.4 Å². The van der Waals surface area contributed by atoms with Crippen molar-refractivity contribution in [3.8, 4) is 11.4 Å². The zero-order valence-corrected chi connectivity index (χ0v) is 20.4. The Kier molecular flexibility index (Phi) is 10.6. The molecule has 0 aliphatic heterocycles. The standard InChI is InChI=1S/C29H43FN2/c1-3-5-7-9-10-12-23-14-16-24(17-15-23)27-21-31-29(32-22-27)26-19-18-25(28(30)20-26)13-11-8-6-4-2/h18-24H,3-17H2,1-2H3/t23-,24-. The molecule has 1 fully saturated rings. The van der Waals surface area contributed by atoms with Crippen molar-refractivity contribution in [1.29, 1.82) is 0 Å². The van der Waals surface area contributed by atoms with Gasteiger partial charge in [0.1, 0.15) is 5.82 Å². The molecule has 0 saturated heterocycles. The molecule has 0 amide bonds. The number of halogens is 1. The van der Waals surface area contributed by atoms with Crippen molar-refractivity contribution in [2.45, 2.75) is 116 Å². The van der Waals surface area contributed by atoms with Gasteiger partial charge in [-0.1, -0.05) is 83.8 Å². The van der Waals surface area contributed by atoms with E-state index < -0.39 is 0 Å². The van der Waals surface area contributed by atoms with Gasteiger partial charge in [-0.05, 0) is 67.6 Å². The molecular weight excluding hydrogens is 395 g/mol. The smallest absolute Gasteiger partial charge is 0.159 e. The summed E-state index contributed by atoms with van der Waals surface area (Å²) in [6, 6.07) is 5.49. The molecule has 2 aromatic rings. The van der Waals surface area contributed by atoms with Gasteiger partial charge in [-0.15, -0.1) is 0 Å². The van der Waals surface area contributed by atoms with Gasteiger partial charge in [0.25, 0.3) is 0 Å². The highest BCUT2D eigenvalue weighted by atomic mass is 19.1. The van der Waals surface area contributed by atoms with Gasteiger partial charge in [0.2, 0.25) is 0 Å². The lowest BCUT2D eigenvalue weighted by molar-refractivity contribution is 0.301. The first kappa shape index (κ1) is 24.9. The van der Waals surface area contributed by atoms with E-state index in [-0.39, 0.29) is 5.82 Å². The average Bonchev–Trinajstić information content (AvgIpc) is 2.83. The molecular formula is C29H43FN2. The molecule has 0 atom stereocenters. The molecule has 176 valence electrons. The molecule has 1 saturated carbocycles. The Morgan fingerprint density at radius 1 is 0.812 bits per heavy atom. The highest BCUT2D eigenvalue weighted by molar-refractivity contribution is 5.55. The molecule has 3 rings (SSSR count). The molecule has 0 N–H and O–H groups in total. The third-order valence-corrected chi connectivity index (χ3v) is 7.32. The molecule has 1 aromatic carbocycles. The zero-order valence-electron chi connectivity index (χ0n) is 20.4. The van der Waals surface area contributed by atoms with E-state index in [1.54, 1.807) is 6.07 Å². The Balaban J connectivity index is 1.47. The molecule has 1 aliphatic rings. The van der Waals surface area contributed by atoms with E-state index in [1.165, 1.54) is 89.0 Å². The van der Waals surface area contributed by atoms with Crippen LogP contribution in [0.3, 0.4) is 0 Å². The van der Waals surface area contributed by atoms with E-state index in [1.807, 2.05) is 24.5 Å². The minimum atomic E-state index is -0.125. The van der Waals surface area contributed by atoms with Crippen molar-refractivity contribution in [1.82, 2.24) is 9.97 Å².